The standard InChI is InChI=1S/C7H14O3S/c1-2-3-4-9-6-10-7(8)5-11/h11H,2-6H2,1H3. The molecule has 0 saturated carbocycles. The van der Waals surface area contributed by atoms with Gasteiger partial charge in [0.1, 0.15) is 0 Å². The van der Waals surface area contributed by atoms with Crippen LogP contribution in [0.2, 0.25) is 0 Å². The van der Waals surface area contributed by atoms with E-state index in [4.69, 9.17) is 4.74 Å². The van der Waals surface area contributed by atoms with Crippen LogP contribution in [0.3, 0.4) is 0 Å². The Morgan fingerprint density at radius 2 is 2.27 bits per heavy atom. The normalized spacial score (nSPS) is 9.64. The Morgan fingerprint density at radius 3 is 2.82 bits per heavy atom. The fraction of sp³-hybridized carbons (Fsp3) is 0.857. The molecule has 0 saturated heterocycles. The quantitative estimate of drug-likeness (QED) is 0.287. The van der Waals surface area contributed by atoms with E-state index in [0.29, 0.717) is 6.61 Å². The molecular weight excluding hydrogens is 164 g/mol. The van der Waals surface area contributed by atoms with Gasteiger partial charge in [-0.2, -0.15) is 12.6 Å². The van der Waals surface area contributed by atoms with Crippen molar-refractivity contribution in [1.29, 1.82) is 0 Å². The molecule has 0 aromatic rings. The number of hydrogen-bond acceptors (Lipinski definition) is 4. The Morgan fingerprint density at radius 1 is 1.55 bits per heavy atom. The Balaban J connectivity index is 2.95. The van der Waals surface area contributed by atoms with Crippen molar-refractivity contribution in [2.75, 3.05) is 19.2 Å². The molecule has 0 N–H and O–H groups in total. The number of hydrogen-bond donors (Lipinski definition) is 1. The van der Waals surface area contributed by atoms with Crippen molar-refractivity contribution in [2.45, 2.75) is 19.8 Å². The van der Waals surface area contributed by atoms with Crippen molar-refractivity contribution in [3.05, 3.63) is 0 Å². The summed E-state index contributed by atoms with van der Waals surface area (Å²) in [4.78, 5) is 10.5. The summed E-state index contributed by atoms with van der Waals surface area (Å²) in [6.07, 6.45) is 2.08. The van der Waals surface area contributed by atoms with Crippen LogP contribution in [0.5, 0.6) is 0 Å². The summed E-state index contributed by atoms with van der Waals surface area (Å²) in [5.74, 6) is -0.234. The summed E-state index contributed by atoms with van der Waals surface area (Å²) < 4.78 is 9.57. The van der Waals surface area contributed by atoms with Crippen molar-refractivity contribution in [2.24, 2.45) is 0 Å². The van der Waals surface area contributed by atoms with Crippen LogP contribution < -0.4 is 0 Å². The molecule has 0 aromatic heterocycles. The minimum absolute atomic E-state index is 0.0550. The maximum absolute atomic E-state index is 10.5. The zero-order valence-electron chi connectivity index (χ0n) is 6.71. The van der Waals surface area contributed by atoms with E-state index in [1.54, 1.807) is 0 Å². The summed E-state index contributed by atoms with van der Waals surface area (Å²) >= 11 is 3.73. The molecule has 11 heavy (non-hydrogen) atoms. The van der Waals surface area contributed by atoms with Gasteiger partial charge >= 0.3 is 5.97 Å². The fourth-order valence-electron chi connectivity index (χ4n) is 0.458. The van der Waals surface area contributed by atoms with E-state index >= 15 is 0 Å². The van der Waals surface area contributed by atoms with Gasteiger partial charge in [0.15, 0.2) is 6.79 Å². The third-order valence-corrected chi connectivity index (χ3v) is 1.33. The minimum atomic E-state index is -0.343. The maximum Gasteiger partial charge on any atom is 0.317 e. The zero-order chi connectivity index (χ0) is 8.53. The monoisotopic (exact) mass is 178 g/mol. The molecule has 0 aromatic carbocycles. The average molecular weight is 178 g/mol. The van der Waals surface area contributed by atoms with E-state index in [1.165, 1.54) is 0 Å². The summed E-state index contributed by atoms with van der Waals surface area (Å²) in [6, 6.07) is 0. The van der Waals surface area contributed by atoms with Crippen molar-refractivity contribution in [3.63, 3.8) is 0 Å². The minimum Gasteiger partial charge on any atom is -0.438 e. The fourth-order valence-corrected chi connectivity index (χ4v) is 0.550. The molecule has 0 fully saturated rings. The van der Waals surface area contributed by atoms with E-state index in [1.807, 2.05) is 0 Å². The molecule has 3 nitrogen and oxygen atoms in total. The zero-order valence-corrected chi connectivity index (χ0v) is 7.60. The second kappa shape index (κ2) is 7.88. The van der Waals surface area contributed by atoms with Crippen LogP contribution in [0.4, 0.5) is 0 Å². The summed E-state index contributed by atoms with van der Waals surface area (Å²) in [5, 5.41) is 0. The van der Waals surface area contributed by atoms with Gasteiger partial charge in [-0.15, -0.1) is 0 Å². The Labute approximate surface area is 72.5 Å². The molecule has 66 valence electrons. The summed E-state index contributed by atoms with van der Waals surface area (Å²) in [5.41, 5.74) is 0. The second-order valence-electron chi connectivity index (χ2n) is 2.05. The van der Waals surface area contributed by atoms with Crippen molar-refractivity contribution >= 4 is 18.6 Å². The molecular formula is C7H14O3S. The van der Waals surface area contributed by atoms with Crippen LogP contribution in [0.1, 0.15) is 19.8 Å². The highest BCUT2D eigenvalue weighted by Gasteiger charge is 1.96. The first-order valence-electron chi connectivity index (χ1n) is 3.65. The smallest absolute Gasteiger partial charge is 0.317 e. The predicted molar refractivity (Wildman–Crippen MR) is 45.7 cm³/mol. The van der Waals surface area contributed by atoms with Crippen molar-refractivity contribution in [1.82, 2.24) is 0 Å². The number of carbonyl (C=O) groups is 1. The Kier molecular flexibility index (Phi) is 7.72. The molecule has 0 atom stereocenters. The van der Waals surface area contributed by atoms with Crippen LogP contribution in [0.25, 0.3) is 0 Å². The highest BCUT2D eigenvalue weighted by molar-refractivity contribution is 7.81. The maximum atomic E-state index is 10.5. The van der Waals surface area contributed by atoms with Crippen LogP contribution in [0, 0.1) is 0 Å². The molecule has 0 amide bonds. The van der Waals surface area contributed by atoms with Crippen molar-refractivity contribution < 1.29 is 14.3 Å². The van der Waals surface area contributed by atoms with Gasteiger partial charge < -0.3 is 9.47 Å². The number of unbranched alkanes of at least 4 members (excludes halogenated alkanes) is 1. The molecule has 0 heterocycles. The first kappa shape index (κ1) is 10.8. The lowest BCUT2D eigenvalue weighted by atomic mass is 10.4. The van der Waals surface area contributed by atoms with Gasteiger partial charge in [-0.3, -0.25) is 4.79 Å². The average Bonchev–Trinajstić information content (AvgIpc) is 2.04. The molecule has 0 aliphatic rings. The number of ether oxygens (including phenoxy) is 2. The molecule has 0 aliphatic heterocycles. The first-order valence-corrected chi connectivity index (χ1v) is 4.28. The molecule has 0 aliphatic carbocycles. The highest BCUT2D eigenvalue weighted by Crippen LogP contribution is 1.89. The lowest BCUT2D eigenvalue weighted by Crippen LogP contribution is -2.09. The van der Waals surface area contributed by atoms with Gasteiger partial charge in [0.05, 0.1) is 12.4 Å². The van der Waals surface area contributed by atoms with Crippen LogP contribution in [-0.4, -0.2) is 25.1 Å². The summed E-state index contributed by atoms with van der Waals surface area (Å²) in [7, 11) is 0. The summed E-state index contributed by atoms with van der Waals surface area (Å²) in [6.45, 7) is 2.78. The SMILES string of the molecule is CCCCOCOC(=O)CS. The largest absolute Gasteiger partial charge is 0.438 e. The van der Waals surface area contributed by atoms with Gasteiger partial charge in [0, 0.05) is 0 Å². The second-order valence-corrected chi connectivity index (χ2v) is 2.37. The third-order valence-electron chi connectivity index (χ3n) is 1.07. The molecule has 0 radical (unpaired) electrons. The number of thiol groups is 1. The first-order chi connectivity index (χ1) is 5.31. The highest BCUT2D eigenvalue weighted by atomic mass is 32.1. The van der Waals surface area contributed by atoms with Crippen LogP contribution >= 0.6 is 12.6 Å². The molecule has 0 spiro atoms. The molecule has 0 rings (SSSR count). The Bertz CT molecular complexity index is 106. The van der Waals surface area contributed by atoms with Crippen LogP contribution in [-0.2, 0) is 14.3 Å². The lowest BCUT2D eigenvalue weighted by Gasteiger charge is -2.02. The van der Waals surface area contributed by atoms with Gasteiger partial charge in [-0.05, 0) is 6.42 Å². The van der Waals surface area contributed by atoms with Crippen molar-refractivity contribution in [3.8, 4) is 0 Å². The topological polar surface area (TPSA) is 35.5 Å². The number of esters is 1. The van der Waals surface area contributed by atoms with Gasteiger partial charge in [-0.25, -0.2) is 0 Å². The van der Waals surface area contributed by atoms with Gasteiger partial charge in [-0.1, -0.05) is 13.3 Å². The van der Waals surface area contributed by atoms with Crippen LogP contribution in [0.15, 0.2) is 0 Å². The van der Waals surface area contributed by atoms with Gasteiger partial charge in [0.2, 0.25) is 0 Å². The number of carbonyl (C=O) groups excluding carboxylic acids is 1. The van der Waals surface area contributed by atoms with E-state index in [-0.39, 0.29) is 18.5 Å². The molecule has 0 bridgehead atoms. The van der Waals surface area contributed by atoms with Gasteiger partial charge in [0.25, 0.3) is 0 Å². The third kappa shape index (κ3) is 7.68. The number of rotatable bonds is 6. The van der Waals surface area contributed by atoms with E-state index < -0.39 is 0 Å². The molecule has 4 heteroatoms. The Hall–Kier alpha value is -0.220. The predicted octanol–water partition coefficient (Wildman–Crippen LogP) is 1.23. The van der Waals surface area contributed by atoms with E-state index in [9.17, 15) is 4.79 Å². The lowest BCUT2D eigenvalue weighted by molar-refractivity contribution is -0.152. The van der Waals surface area contributed by atoms with E-state index in [0.717, 1.165) is 12.8 Å². The van der Waals surface area contributed by atoms with E-state index in [2.05, 4.69) is 24.3 Å². The molecule has 0 unspecified atom stereocenters.